The first-order chi connectivity index (χ1) is 18.1. The number of hydrogen-bond donors (Lipinski definition) is 6. The Balaban J connectivity index is 1.70. The number of nitrogens with zero attached hydrogens (tertiary/aromatic N) is 2. The van der Waals surface area contributed by atoms with Crippen molar-refractivity contribution in [2.45, 2.75) is 33.9 Å². The number of nitrogens with two attached hydrogens (primary N) is 1. The molecule has 7 N–H and O–H groups in total. The summed E-state index contributed by atoms with van der Waals surface area (Å²) in [7, 11) is 1.68. The normalized spacial score (nSPS) is 11.8. The number of rotatable bonds is 9. The van der Waals surface area contributed by atoms with Crippen LogP contribution in [0.2, 0.25) is 0 Å². The molecule has 0 atom stereocenters. The largest absolute Gasteiger partial charge is 0.384 e. The Morgan fingerprint density at radius 2 is 1.95 bits per heavy atom. The number of amidine groups is 1. The van der Waals surface area contributed by atoms with Crippen molar-refractivity contribution in [3.8, 4) is 0 Å². The van der Waals surface area contributed by atoms with Crippen LogP contribution < -0.4 is 27.2 Å². The average Bonchev–Trinajstić information content (AvgIpc) is 3.26. The van der Waals surface area contributed by atoms with E-state index < -0.39 is 0 Å². The number of aryl methyl sites for hydroxylation is 1. The number of benzene rings is 2. The highest BCUT2D eigenvalue weighted by molar-refractivity contribution is 7.22. The highest BCUT2D eigenvalue weighted by atomic mass is 32.1. The smallest absolute Gasteiger partial charge is 0.258 e. The average molecular weight is 531 g/mol. The van der Waals surface area contributed by atoms with Crippen LogP contribution in [0.1, 0.15) is 30.7 Å². The molecule has 1 amide bonds. The van der Waals surface area contributed by atoms with Gasteiger partial charge in [-0.3, -0.25) is 20.4 Å². The Labute approximate surface area is 223 Å². The number of nitrogens with one attached hydrogen (secondary N) is 5. The second kappa shape index (κ2) is 10.9. The molecule has 0 bridgehead atoms. The Morgan fingerprint density at radius 3 is 2.61 bits per heavy atom. The van der Waals surface area contributed by atoms with Gasteiger partial charge in [0.15, 0.2) is 5.13 Å². The lowest BCUT2D eigenvalue weighted by atomic mass is 10.0. The Bertz CT molecular complexity index is 1680. The number of amides is 1. The molecule has 0 fully saturated rings. The molecule has 0 saturated heterocycles. The van der Waals surface area contributed by atoms with Gasteiger partial charge in [0.2, 0.25) is 5.91 Å². The van der Waals surface area contributed by atoms with E-state index in [0.29, 0.717) is 34.0 Å². The zero-order valence-corrected chi connectivity index (χ0v) is 22.5. The van der Waals surface area contributed by atoms with Gasteiger partial charge in [0.25, 0.3) is 5.56 Å². The van der Waals surface area contributed by atoms with Crippen LogP contribution in [-0.4, -0.2) is 34.1 Å². The first kappa shape index (κ1) is 26.6. The van der Waals surface area contributed by atoms with Crippen LogP contribution in [0.3, 0.4) is 0 Å². The second-order valence-electron chi connectivity index (χ2n) is 8.75. The summed E-state index contributed by atoms with van der Waals surface area (Å²) in [6, 6.07) is 13.1. The fourth-order valence-electron chi connectivity index (χ4n) is 4.42. The van der Waals surface area contributed by atoms with Gasteiger partial charge in [0.05, 0.1) is 33.4 Å². The van der Waals surface area contributed by atoms with Crippen molar-refractivity contribution in [1.29, 1.82) is 10.8 Å². The molecular formula is C27H30N8O2S. The molecule has 2 heterocycles. The van der Waals surface area contributed by atoms with E-state index in [-0.39, 0.29) is 35.1 Å². The van der Waals surface area contributed by atoms with Crippen molar-refractivity contribution < 1.29 is 4.79 Å². The summed E-state index contributed by atoms with van der Waals surface area (Å²) in [5.74, 6) is -0.0962. The third kappa shape index (κ3) is 5.14. The van der Waals surface area contributed by atoms with E-state index in [2.05, 4.69) is 20.9 Å². The van der Waals surface area contributed by atoms with Gasteiger partial charge in [-0.2, -0.15) is 0 Å². The van der Waals surface area contributed by atoms with Gasteiger partial charge in [-0.15, -0.1) is 0 Å². The first-order valence-corrected chi connectivity index (χ1v) is 12.9. The lowest BCUT2D eigenvalue weighted by molar-refractivity contribution is -0.114. The Hall–Kier alpha value is -4.51. The predicted molar refractivity (Wildman–Crippen MR) is 154 cm³/mol. The topological polar surface area (TPSA) is 162 Å². The SMILES string of the molecule is CCn1c(CN/C(NC)=C(/C(=N)N)C(=N)c2ccc3nc(NC(C)=O)sc3c2)cc2cccc(C)c2c1=O. The maximum Gasteiger partial charge on any atom is 0.258 e. The predicted octanol–water partition coefficient (Wildman–Crippen LogP) is 3.42. The zero-order valence-electron chi connectivity index (χ0n) is 21.7. The second-order valence-corrected chi connectivity index (χ2v) is 9.78. The maximum absolute atomic E-state index is 13.2. The van der Waals surface area contributed by atoms with Crippen LogP contribution in [0, 0.1) is 17.7 Å². The molecule has 0 aliphatic carbocycles. The van der Waals surface area contributed by atoms with Crippen LogP contribution >= 0.6 is 11.3 Å². The van der Waals surface area contributed by atoms with Crippen LogP contribution in [0.25, 0.3) is 21.0 Å². The molecule has 2 aromatic heterocycles. The van der Waals surface area contributed by atoms with E-state index in [9.17, 15) is 9.59 Å². The molecule has 0 unspecified atom stereocenters. The number of hydrogen-bond acceptors (Lipinski definition) is 8. The zero-order chi connectivity index (χ0) is 27.6. The van der Waals surface area contributed by atoms with E-state index in [0.717, 1.165) is 21.3 Å². The number of carbonyl (C=O) groups excluding carboxylic acids is 1. The Morgan fingerprint density at radius 1 is 1.18 bits per heavy atom. The fraction of sp³-hybridized carbons (Fsp3) is 0.222. The summed E-state index contributed by atoms with van der Waals surface area (Å²) in [5.41, 5.74) is 9.09. The van der Waals surface area contributed by atoms with Crippen LogP contribution in [0.5, 0.6) is 0 Å². The van der Waals surface area contributed by atoms with E-state index in [1.165, 1.54) is 18.3 Å². The van der Waals surface area contributed by atoms with E-state index in [1.807, 2.05) is 38.1 Å². The molecule has 10 nitrogen and oxygen atoms in total. The molecule has 0 spiro atoms. The molecule has 4 aromatic rings. The van der Waals surface area contributed by atoms with Crippen molar-refractivity contribution in [2.24, 2.45) is 5.73 Å². The van der Waals surface area contributed by atoms with Gasteiger partial charge in [-0.1, -0.05) is 35.6 Å². The number of fused-ring (bicyclic) bond motifs is 2. The molecular weight excluding hydrogens is 500 g/mol. The van der Waals surface area contributed by atoms with Gasteiger partial charge in [0.1, 0.15) is 11.7 Å². The number of thiazole rings is 1. The maximum atomic E-state index is 13.2. The van der Waals surface area contributed by atoms with E-state index in [4.69, 9.17) is 16.6 Å². The summed E-state index contributed by atoms with van der Waals surface area (Å²) in [5, 5.41) is 28.1. The summed E-state index contributed by atoms with van der Waals surface area (Å²) in [6.07, 6.45) is 0. The van der Waals surface area contributed by atoms with Crippen LogP contribution in [-0.2, 0) is 17.9 Å². The molecule has 0 saturated carbocycles. The number of aromatic nitrogens is 2. The summed E-state index contributed by atoms with van der Waals surface area (Å²) >= 11 is 1.30. The lowest BCUT2D eigenvalue weighted by Crippen LogP contribution is -2.34. The number of pyridine rings is 1. The van der Waals surface area contributed by atoms with Crippen molar-refractivity contribution >= 4 is 54.9 Å². The minimum absolute atomic E-state index is 0.0488. The summed E-state index contributed by atoms with van der Waals surface area (Å²) < 4.78 is 2.51. The third-order valence-corrected chi connectivity index (χ3v) is 7.11. The van der Waals surface area contributed by atoms with Crippen molar-refractivity contribution in [1.82, 2.24) is 20.2 Å². The monoisotopic (exact) mass is 530 g/mol. The highest BCUT2D eigenvalue weighted by Gasteiger charge is 2.19. The van der Waals surface area contributed by atoms with Gasteiger partial charge in [-0.25, -0.2) is 4.98 Å². The highest BCUT2D eigenvalue weighted by Crippen LogP contribution is 2.28. The fourth-order valence-corrected chi connectivity index (χ4v) is 5.37. The Kier molecular flexibility index (Phi) is 7.58. The van der Waals surface area contributed by atoms with Gasteiger partial charge in [-0.05, 0) is 43.0 Å². The summed E-state index contributed by atoms with van der Waals surface area (Å²) in [4.78, 5) is 29.0. The van der Waals surface area contributed by atoms with Gasteiger partial charge < -0.3 is 26.3 Å². The number of anilines is 1. The van der Waals surface area contributed by atoms with Gasteiger partial charge in [0, 0.05) is 31.8 Å². The van der Waals surface area contributed by atoms with Crippen LogP contribution in [0.15, 0.2) is 58.7 Å². The molecule has 196 valence electrons. The third-order valence-electron chi connectivity index (χ3n) is 6.17. The van der Waals surface area contributed by atoms with E-state index in [1.54, 1.807) is 29.8 Å². The summed E-state index contributed by atoms with van der Waals surface area (Å²) in [6.45, 7) is 6.05. The van der Waals surface area contributed by atoms with Gasteiger partial charge >= 0.3 is 0 Å². The lowest BCUT2D eigenvalue weighted by Gasteiger charge is -2.19. The van der Waals surface area contributed by atoms with Crippen LogP contribution in [0.4, 0.5) is 5.13 Å². The molecule has 11 heteroatoms. The van der Waals surface area contributed by atoms with Crippen molar-refractivity contribution in [3.63, 3.8) is 0 Å². The molecule has 0 radical (unpaired) electrons. The molecule has 4 rings (SSSR count). The quantitative estimate of drug-likeness (QED) is 0.143. The first-order valence-electron chi connectivity index (χ1n) is 12.0. The molecule has 2 aromatic carbocycles. The van der Waals surface area contributed by atoms with E-state index >= 15 is 0 Å². The number of carbonyl (C=O) groups is 1. The molecule has 0 aliphatic heterocycles. The minimum Gasteiger partial charge on any atom is -0.384 e. The minimum atomic E-state index is -0.280. The van der Waals surface area contributed by atoms with Crippen molar-refractivity contribution in [2.75, 3.05) is 12.4 Å². The standard InChI is InChI=1S/C27H30N8O2S/c1-5-35-18(11-16-8-6-7-14(2)21(16)26(35)37)13-32-25(31-4)22(24(29)30)23(28)17-9-10-19-20(12-17)38-27(34-19)33-15(3)36/h6-12,28,31-32H,5,13H2,1-4H3,(H3,29,30)(H,33,34,36)/b25-22+,28-23?. The molecule has 0 aliphatic rings. The van der Waals surface area contributed by atoms with Crippen molar-refractivity contribution in [3.05, 3.63) is 81.0 Å². The molecule has 38 heavy (non-hydrogen) atoms.